The van der Waals surface area contributed by atoms with E-state index >= 15 is 0 Å². The summed E-state index contributed by atoms with van der Waals surface area (Å²) in [5, 5.41) is 2.74. The minimum Gasteiger partial charge on any atom is -0.348 e. The van der Waals surface area contributed by atoms with E-state index in [9.17, 15) is 9.59 Å². The molecule has 0 atom stereocenters. The van der Waals surface area contributed by atoms with Crippen LogP contribution in [0.2, 0.25) is 0 Å². The predicted octanol–water partition coefficient (Wildman–Crippen LogP) is 2.39. The molecule has 1 aromatic heterocycles. The summed E-state index contributed by atoms with van der Waals surface area (Å²) in [6, 6.07) is 10.6. The average molecular weight is 228 g/mol. The van der Waals surface area contributed by atoms with Gasteiger partial charge in [0.15, 0.2) is 6.29 Å². The summed E-state index contributed by atoms with van der Waals surface area (Å²) in [4.78, 5) is 25.0. The second kappa shape index (κ2) is 4.65. The summed E-state index contributed by atoms with van der Waals surface area (Å²) in [7, 11) is 0. The lowest BCUT2D eigenvalue weighted by Gasteiger charge is -2.03. The summed E-state index contributed by atoms with van der Waals surface area (Å²) < 4.78 is 0. The van der Waals surface area contributed by atoms with Crippen LogP contribution in [0.3, 0.4) is 0 Å². The van der Waals surface area contributed by atoms with Gasteiger partial charge in [-0.15, -0.1) is 0 Å². The Kier molecular flexibility index (Phi) is 3.05. The Balaban J connectivity index is 2.11. The molecule has 17 heavy (non-hydrogen) atoms. The molecule has 0 saturated heterocycles. The second-order valence-electron chi connectivity index (χ2n) is 3.77. The zero-order valence-electron chi connectivity index (χ0n) is 9.36. The first-order valence-electron chi connectivity index (χ1n) is 5.21. The number of rotatable bonds is 3. The van der Waals surface area contributed by atoms with Crippen molar-refractivity contribution in [2.75, 3.05) is 5.32 Å². The van der Waals surface area contributed by atoms with Gasteiger partial charge in [-0.2, -0.15) is 0 Å². The number of aromatic nitrogens is 1. The van der Waals surface area contributed by atoms with Crippen molar-refractivity contribution in [1.82, 2.24) is 4.98 Å². The monoisotopic (exact) mass is 228 g/mol. The van der Waals surface area contributed by atoms with Crippen LogP contribution in [0, 0.1) is 6.92 Å². The van der Waals surface area contributed by atoms with E-state index in [1.165, 1.54) is 0 Å². The highest BCUT2D eigenvalue weighted by molar-refractivity contribution is 6.03. The maximum atomic E-state index is 11.8. The van der Waals surface area contributed by atoms with E-state index in [1.807, 2.05) is 31.2 Å². The third-order valence-corrected chi connectivity index (χ3v) is 2.39. The molecule has 4 nitrogen and oxygen atoms in total. The topological polar surface area (TPSA) is 62.0 Å². The van der Waals surface area contributed by atoms with Crippen molar-refractivity contribution in [2.24, 2.45) is 0 Å². The Bertz CT molecular complexity index is 541. The number of benzene rings is 1. The first-order valence-corrected chi connectivity index (χ1v) is 5.21. The largest absolute Gasteiger partial charge is 0.348 e. The number of hydrogen-bond acceptors (Lipinski definition) is 2. The molecule has 1 aromatic carbocycles. The van der Waals surface area contributed by atoms with Gasteiger partial charge in [0.05, 0.1) is 5.69 Å². The number of amides is 1. The van der Waals surface area contributed by atoms with Gasteiger partial charge in [0, 0.05) is 5.69 Å². The van der Waals surface area contributed by atoms with Crippen LogP contribution in [0.15, 0.2) is 36.4 Å². The van der Waals surface area contributed by atoms with Crippen molar-refractivity contribution in [3.8, 4) is 0 Å². The van der Waals surface area contributed by atoms with Gasteiger partial charge in [-0.05, 0) is 31.2 Å². The molecule has 0 bridgehead atoms. The lowest BCUT2D eigenvalue weighted by Crippen LogP contribution is -2.12. The fourth-order valence-electron chi connectivity index (χ4n) is 1.45. The third kappa shape index (κ3) is 2.60. The van der Waals surface area contributed by atoms with E-state index in [0.29, 0.717) is 17.7 Å². The molecule has 2 aromatic rings. The van der Waals surface area contributed by atoms with Crippen LogP contribution >= 0.6 is 0 Å². The molecule has 0 radical (unpaired) electrons. The molecule has 0 aliphatic heterocycles. The minimum atomic E-state index is -0.262. The molecule has 2 N–H and O–H groups in total. The smallest absolute Gasteiger partial charge is 0.272 e. The summed E-state index contributed by atoms with van der Waals surface area (Å²) in [5.41, 5.74) is 2.61. The number of anilines is 1. The number of aryl methyl sites for hydroxylation is 1. The van der Waals surface area contributed by atoms with E-state index in [4.69, 9.17) is 0 Å². The van der Waals surface area contributed by atoms with Crippen molar-refractivity contribution < 1.29 is 9.59 Å². The van der Waals surface area contributed by atoms with Crippen LogP contribution in [0.5, 0.6) is 0 Å². The molecule has 0 aliphatic carbocycles. The third-order valence-electron chi connectivity index (χ3n) is 2.39. The van der Waals surface area contributed by atoms with Crippen LogP contribution in [-0.2, 0) is 0 Å². The maximum Gasteiger partial charge on any atom is 0.272 e. The van der Waals surface area contributed by atoms with Crippen molar-refractivity contribution >= 4 is 17.9 Å². The molecular formula is C13H12N2O2. The highest BCUT2D eigenvalue weighted by atomic mass is 16.2. The van der Waals surface area contributed by atoms with Gasteiger partial charge in [0.2, 0.25) is 0 Å². The molecule has 0 saturated carbocycles. The Morgan fingerprint density at radius 2 is 1.88 bits per heavy atom. The van der Waals surface area contributed by atoms with Gasteiger partial charge in [-0.25, -0.2) is 0 Å². The molecule has 0 unspecified atom stereocenters. The van der Waals surface area contributed by atoms with E-state index in [1.54, 1.807) is 12.1 Å². The number of aldehydes is 1. The van der Waals surface area contributed by atoms with E-state index in [0.717, 1.165) is 11.3 Å². The molecule has 1 amide bonds. The molecule has 0 fully saturated rings. The molecule has 4 heteroatoms. The normalized spacial score (nSPS) is 9.94. The summed E-state index contributed by atoms with van der Waals surface area (Å²) in [6.45, 7) is 1.98. The lowest BCUT2D eigenvalue weighted by molar-refractivity contribution is 0.102. The van der Waals surface area contributed by atoms with Gasteiger partial charge in [-0.3, -0.25) is 9.59 Å². The van der Waals surface area contributed by atoms with Crippen LogP contribution in [0.4, 0.5) is 5.69 Å². The van der Waals surface area contributed by atoms with Crippen LogP contribution < -0.4 is 5.32 Å². The van der Waals surface area contributed by atoms with E-state index < -0.39 is 0 Å². The number of hydrogen-bond donors (Lipinski definition) is 2. The Morgan fingerprint density at radius 1 is 1.18 bits per heavy atom. The highest BCUT2D eigenvalue weighted by Gasteiger charge is 2.07. The summed E-state index contributed by atoms with van der Waals surface area (Å²) in [6.07, 6.45) is 0.669. The van der Waals surface area contributed by atoms with Crippen molar-refractivity contribution in [2.45, 2.75) is 6.92 Å². The zero-order valence-corrected chi connectivity index (χ0v) is 9.36. The quantitative estimate of drug-likeness (QED) is 0.792. The number of carbonyl (C=O) groups is 2. The number of nitrogens with one attached hydrogen (secondary N) is 2. The summed E-state index contributed by atoms with van der Waals surface area (Å²) in [5.74, 6) is -0.262. The Labute approximate surface area is 98.7 Å². The molecule has 2 rings (SSSR count). The van der Waals surface area contributed by atoms with Crippen molar-refractivity contribution in [3.63, 3.8) is 0 Å². The van der Waals surface area contributed by atoms with Gasteiger partial charge in [0.25, 0.3) is 5.91 Å². The van der Waals surface area contributed by atoms with Gasteiger partial charge in [0.1, 0.15) is 5.69 Å². The van der Waals surface area contributed by atoms with Crippen molar-refractivity contribution in [1.29, 1.82) is 0 Å². The van der Waals surface area contributed by atoms with Crippen molar-refractivity contribution in [3.05, 3.63) is 53.3 Å². The lowest BCUT2D eigenvalue weighted by atomic mass is 10.2. The molecule has 86 valence electrons. The van der Waals surface area contributed by atoms with E-state index in [-0.39, 0.29) is 5.91 Å². The zero-order chi connectivity index (χ0) is 12.3. The molecule has 0 spiro atoms. The highest BCUT2D eigenvalue weighted by Crippen LogP contribution is 2.10. The standard InChI is InChI=1S/C13H12N2O2/c1-9-2-4-10(5-3-9)15-13(17)12-7-6-11(8-16)14-12/h2-8,14H,1H3,(H,15,17). The van der Waals surface area contributed by atoms with Crippen LogP contribution in [-0.4, -0.2) is 17.2 Å². The number of carbonyl (C=O) groups excluding carboxylic acids is 2. The Hall–Kier alpha value is -2.36. The number of H-pyrrole nitrogens is 1. The Morgan fingerprint density at radius 3 is 2.47 bits per heavy atom. The van der Waals surface area contributed by atoms with Gasteiger partial charge >= 0.3 is 0 Å². The predicted molar refractivity (Wildman–Crippen MR) is 65.3 cm³/mol. The van der Waals surface area contributed by atoms with E-state index in [2.05, 4.69) is 10.3 Å². The fraction of sp³-hybridized carbons (Fsp3) is 0.0769. The van der Waals surface area contributed by atoms with Gasteiger partial charge < -0.3 is 10.3 Å². The SMILES string of the molecule is Cc1ccc(NC(=O)c2ccc(C=O)[nH]2)cc1. The van der Waals surface area contributed by atoms with Crippen LogP contribution in [0.1, 0.15) is 26.5 Å². The fourth-order valence-corrected chi connectivity index (χ4v) is 1.45. The molecule has 0 aliphatic rings. The van der Waals surface area contributed by atoms with Crippen LogP contribution in [0.25, 0.3) is 0 Å². The first kappa shape index (κ1) is 11.1. The maximum absolute atomic E-state index is 11.8. The number of aromatic amines is 1. The average Bonchev–Trinajstić information content (AvgIpc) is 2.81. The first-order chi connectivity index (χ1) is 8.19. The molecular weight excluding hydrogens is 216 g/mol. The summed E-state index contributed by atoms with van der Waals surface area (Å²) >= 11 is 0. The second-order valence-corrected chi connectivity index (χ2v) is 3.77. The minimum absolute atomic E-state index is 0.262. The van der Waals surface area contributed by atoms with Gasteiger partial charge in [-0.1, -0.05) is 17.7 Å². The molecule has 1 heterocycles.